The summed E-state index contributed by atoms with van der Waals surface area (Å²) in [6.45, 7) is 5.57. The van der Waals surface area contributed by atoms with E-state index in [0.29, 0.717) is 18.1 Å². The maximum atomic E-state index is 12.6. The SMILES string of the molecule is COc1cccc(N[C@H](Cc2ccccc2)C(=O)OC(C)(C)C)n1. The van der Waals surface area contributed by atoms with Gasteiger partial charge >= 0.3 is 5.97 Å². The Balaban J connectivity index is 2.19. The van der Waals surface area contributed by atoms with E-state index in [1.807, 2.05) is 57.2 Å². The highest BCUT2D eigenvalue weighted by Crippen LogP contribution is 2.16. The van der Waals surface area contributed by atoms with Crippen LogP contribution in [0.5, 0.6) is 5.88 Å². The number of ether oxygens (including phenoxy) is 2. The monoisotopic (exact) mass is 328 g/mol. The van der Waals surface area contributed by atoms with Crippen LogP contribution in [-0.2, 0) is 16.0 Å². The van der Waals surface area contributed by atoms with Gasteiger partial charge in [0.25, 0.3) is 0 Å². The zero-order chi connectivity index (χ0) is 17.6. The molecule has 2 rings (SSSR count). The normalized spacial score (nSPS) is 12.3. The van der Waals surface area contributed by atoms with Crippen LogP contribution in [0, 0.1) is 0 Å². The second kappa shape index (κ2) is 7.81. The molecule has 0 aliphatic heterocycles. The molecule has 1 aromatic carbocycles. The lowest BCUT2D eigenvalue weighted by atomic mass is 10.1. The Morgan fingerprint density at radius 1 is 1.12 bits per heavy atom. The van der Waals surface area contributed by atoms with E-state index in [1.165, 1.54) is 0 Å². The summed E-state index contributed by atoms with van der Waals surface area (Å²) < 4.78 is 10.7. The average Bonchev–Trinajstić information content (AvgIpc) is 2.54. The number of nitrogens with zero attached hydrogens (tertiary/aromatic N) is 1. The Morgan fingerprint density at radius 3 is 2.46 bits per heavy atom. The van der Waals surface area contributed by atoms with Crippen molar-refractivity contribution in [2.75, 3.05) is 12.4 Å². The number of carbonyl (C=O) groups is 1. The number of hydrogen-bond donors (Lipinski definition) is 1. The van der Waals surface area contributed by atoms with Gasteiger partial charge in [0.2, 0.25) is 5.88 Å². The zero-order valence-electron chi connectivity index (χ0n) is 14.6. The van der Waals surface area contributed by atoms with E-state index < -0.39 is 11.6 Å². The van der Waals surface area contributed by atoms with Gasteiger partial charge in [-0.3, -0.25) is 0 Å². The number of benzene rings is 1. The van der Waals surface area contributed by atoms with E-state index in [9.17, 15) is 4.79 Å². The third-order valence-electron chi connectivity index (χ3n) is 3.23. The van der Waals surface area contributed by atoms with Gasteiger partial charge in [0.15, 0.2) is 0 Å². The Hall–Kier alpha value is -2.56. The van der Waals surface area contributed by atoms with E-state index >= 15 is 0 Å². The minimum Gasteiger partial charge on any atom is -0.481 e. The number of nitrogens with one attached hydrogen (secondary N) is 1. The predicted molar refractivity (Wildman–Crippen MR) is 94.2 cm³/mol. The third-order valence-corrected chi connectivity index (χ3v) is 3.23. The molecule has 0 saturated carbocycles. The molecule has 0 aliphatic carbocycles. The van der Waals surface area contributed by atoms with Crippen LogP contribution in [0.1, 0.15) is 26.3 Å². The van der Waals surface area contributed by atoms with Gasteiger partial charge in [0.05, 0.1) is 7.11 Å². The molecule has 1 heterocycles. The second-order valence-corrected chi connectivity index (χ2v) is 6.49. The van der Waals surface area contributed by atoms with Crippen molar-refractivity contribution in [2.24, 2.45) is 0 Å². The van der Waals surface area contributed by atoms with Gasteiger partial charge < -0.3 is 14.8 Å². The van der Waals surface area contributed by atoms with Crippen LogP contribution in [0.25, 0.3) is 0 Å². The van der Waals surface area contributed by atoms with Crippen molar-refractivity contribution in [1.82, 2.24) is 4.98 Å². The number of methoxy groups -OCH3 is 1. The van der Waals surface area contributed by atoms with E-state index in [0.717, 1.165) is 5.56 Å². The molecule has 24 heavy (non-hydrogen) atoms. The van der Waals surface area contributed by atoms with Gasteiger partial charge in [-0.15, -0.1) is 0 Å². The number of esters is 1. The van der Waals surface area contributed by atoms with E-state index in [-0.39, 0.29) is 5.97 Å². The van der Waals surface area contributed by atoms with Gasteiger partial charge in [0, 0.05) is 12.5 Å². The molecule has 0 radical (unpaired) electrons. The van der Waals surface area contributed by atoms with Crippen molar-refractivity contribution in [3.63, 3.8) is 0 Å². The summed E-state index contributed by atoms with van der Waals surface area (Å²) in [4.78, 5) is 16.9. The van der Waals surface area contributed by atoms with Crippen molar-refractivity contribution in [1.29, 1.82) is 0 Å². The van der Waals surface area contributed by atoms with Gasteiger partial charge in [-0.05, 0) is 32.4 Å². The summed E-state index contributed by atoms with van der Waals surface area (Å²) >= 11 is 0. The molecule has 0 aliphatic rings. The maximum absolute atomic E-state index is 12.6. The minimum atomic E-state index is -0.546. The molecule has 1 N–H and O–H groups in total. The van der Waals surface area contributed by atoms with Crippen LogP contribution in [0.2, 0.25) is 0 Å². The molecule has 0 fully saturated rings. The summed E-state index contributed by atoms with van der Waals surface area (Å²) in [6.07, 6.45) is 0.509. The second-order valence-electron chi connectivity index (χ2n) is 6.49. The molecular weight excluding hydrogens is 304 g/mol. The van der Waals surface area contributed by atoms with Crippen LogP contribution in [0.15, 0.2) is 48.5 Å². The van der Waals surface area contributed by atoms with Crippen molar-refractivity contribution < 1.29 is 14.3 Å². The van der Waals surface area contributed by atoms with Crippen LogP contribution in [0.4, 0.5) is 5.82 Å². The summed E-state index contributed by atoms with van der Waals surface area (Å²) in [5.74, 6) is 0.750. The highest BCUT2D eigenvalue weighted by molar-refractivity contribution is 5.79. The Bertz CT molecular complexity index is 666. The largest absolute Gasteiger partial charge is 0.481 e. The number of hydrogen-bond acceptors (Lipinski definition) is 5. The fourth-order valence-corrected chi connectivity index (χ4v) is 2.20. The molecular formula is C19H24N2O3. The first-order valence-corrected chi connectivity index (χ1v) is 7.92. The summed E-state index contributed by atoms with van der Waals surface area (Å²) in [6, 6.07) is 14.7. The number of rotatable bonds is 6. The molecule has 0 saturated heterocycles. The molecule has 0 amide bonds. The fourth-order valence-electron chi connectivity index (χ4n) is 2.20. The first-order valence-electron chi connectivity index (χ1n) is 7.92. The van der Waals surface area contributed by atoms with Crippen LogP contribution >= 0.6 is 0 Å². The minimum absolute atomic E-state index is 0.309. The number of carbonyl (C=O) groups excluding carboxylic acids is 1. The van der Waals surface area contributed by atoms with E-state index in [4.69, 9.17) is 9.47 Å². The fraction of sp³-hybridized carbons (Fsp3) is 0.368. The lowest BCUT2D eigenvalue weighted by Crippen LogP contribution is -2.38. The predicted octanol–water partition coefficient (Wildman–Crippen LogP) is 3.46. The van der Waals surface area contributed by atoms with Gasteiger partial charge in [-0.25, -0.2) is 4.79 Å². The summed E-state index contributed by atoms with van der Waals surface area (Å²) in [5.41, 5.74) is 0.499. The molecule has 5 nitrogen and oxygen atoms in total. The number of pyridine rings is 1. The van der Waals surface area contributed by atoms with Gasteiger partial charge in [-0.1, -0.05) is 36.4 Å². The smallest absolute Gasteiger partial charge is 0.329 e. The highest BCUT2D eigenvalue weighted by atomic mass is 16.6. The molecule has 128 valence electrons. The van der Waals surface area contributed by atoms with Crippen LogP contribution in [-0.4, -0.2) is 29.7 Å². The first-order chi connectivity index (χ1) is 11.4. The third kappa shape index (κ3) is 5.57. The molecule has 1 aromatic heterocycles. The molecule has 0 bridgehead atoms. The molecule has 0 unspecified atom stereocenters. The topological polar surface area (TPSA) is 60.5 Å². The van der Waals surface area contributed by atoms with Crippen molar-refractivity contribution in [2.45, 2.75) is 38.8 Å². The average molecular weight is 328 g/mol. The van der Waals surface area contributed by atoms with Crippen molar-refractivity contribution >= 4 is 11.8 Å². The van der Waals surface area contributed by atoms with Gasteiger partial charge in [0.1, 0.15) is 17.5 Å². The van der Waals surface area contributed by atoms with Crippen LogP contribution < -0.4 is 10.1 Å². The van der Waals surface area contributed by atoms with E-state index in [2.05, 4.69) is 10.3 Å². The highest BCUT2D eigenvalue weighted by Gasteiger charge is 2.25. The molecule has 0 spiro atoms. The first kappa shape index (κ1) is 17.8. The van der Waals surface area contributed by atoms with Crippen LogP contribution in [0.3, 0.4) is 0 Å². The maximum Gasteiger partial charge on any atom is 0.329 e. The Morgan fingerprint density at radius 2 is 1.83 bits per heavy atom. The zero-order valence-corrected chi connectivity index (χ0v) is 14.6. The van der Waals surface area contributed by atoms with E-state index in [1.54, 1.807) is 19.2 Å². The summed E-state index contributed by atoms with van der Waals surface area (Å²) in [7, 11) is 1.56. The molecule has 2 aromatic rings. The number of anilines is 1. The Kier molecular flexibility index (Phi) is 5.79. The lowest BCUT2D eigenvalue weighted by molar-refractivity contribution is -0.155. The van der Waals surface area contributed by atoms with Crippen molar-refractivity contribution in [3.8, 4) is 5.88 Å². The molecule has 1 atom stereocenters. The van der Waals surface area contributed by atoms with Crippen molar-refractivity contribution in [3.05, 3.63) is 54.1 Å². The quantitative estimate of drug-likeness (QED) is 0.823. The van der Waals surface area contributed by atoms with Gasteiger partial charge in [-0.2, -0.15) is 4.98 Å². The Labute approximate surface area is 143 Å². The lowest BCUT2D eigenvalue weighted by Gasteiger charge is -2.25. The standard InChI is InChI=1S/C19H24N2O3/c1-19(2,3)24-18(22)15(13-14-9-6-5-7-10-14)20-16-11-8-12-17(21-16)23-4/h5-12,15H,13H2,1-4H3,(H,20,21)/t15-/m1/s1. The summed E-state index contributed by atoms with van der Waals surface area (Å²) in [5, 5.41) is 3.16. The molecule has 5 heteroatoms. The number of aromatic nitrogens is 1.